The van der Waals surface area contributed by atoms with Gasteiger partial charge in [0.05, 0.1) is 5.56 Å². The summed E-state index contributed by atoms with van der Waals surface area (Å²) < 4.78 is 0. The third kappa shape index (κ3) is 2.52. The molecule has 116 valence electrons. The molecule has 0 heterocycles. The number of hydrogen-bond donors (Lipinski definition) is 2. The summed E-state index contributed by atoms with van der Waals surface area (Å²) in [6, 6.07) is 13.1. The van der Waals surface area contributed by atoms with Gasteiger partial charge in [-0.25, -0.2) is 4.79 Å². The molecule has 0 bridgehead atoms. The van der Waals surface area contributed by atoms with Crippen LogP contribution in [0.3, 0.4) is 0 Å². The lowest BCUT2D eigenvalue weighted by atomic mass is 9.82. The number of benzene rings is 2. The number of phenols is 1. The van der Waals surface area contributed by atoms with Gasteiger partial charge in [-0.15, -0.1) is 0 Å². The largest absolute Gasteiger partial charge is 0.507 e. The molecule has 2 aromatic carbocycles. The van der Waals surface area contributed by atoms with Gasteiger partial charge in [-0.05, 0) is 47.9 Å². The van der Waals surface area contributed by atoms with Gasteiger partial charge >= 0.3 is 5.97 Å². The van der Waals surface area contributed by atoms with Gasteiger partial charge in [-0.1, -0.05) is 42.5 Å². The summed E-state index contributed by atoms with van der Waals surface area (Å²) in [6.07, 6.45) is 6.54. The number of carboxylic acid groups (broad SMARTS) is 1. The Morgan fingerprint density at radius 3 is 2.78 bits per heavy atom. The van der Waals surface area contributed by atoms with E-state index in [1.807, 2.05) is 6.08 Å². The van der Waals surface area contributed by atoms with Gasteiger partial charge in [-0.2, -0.15) is 0 Å². The molecule has 23 heavy (non-hydrogen) atoms. The van der Waals surface area contributed by atoms with Crippen molar-refractivity contribution < 1.29 is 15.0 Å². The van der Waals surface area contributed by atoms with Gasteiger partial charge in [0.2, 0.25) is 0 Å². The number of aromatic carboxylic acids is 1. The SMILES string of the molecule is O=C(O)c1ccc(/C=C/C2c3ccccc3CC3CC32)c(O)c1. The van der Waals surface area contributed by atoms with Gasteiger partial charge in [-0.3, -0.25) is 0 Å². The number of carboxylic acids is 1. The van der Waals surface area contributed by atoms with E-state index in [2.05, 4.69) is 30.3 Å². The maximum atomic E-state index is 10.9. The van der Waals surface area contributed by atoms with Crippen LogP contribution in [0.2, 0.25) is 0 Å². The number of aromatic hydroxyl groups is 1. The molecule has 2 N–H and O–H groups in total. The first kappa shape index (κ1) is 14.1. The minimum Gasteiger partial charge on any atom is -0.507 e. The fourth-order valence-electron chi connectivity index (χ4n) is 3.78. The number of allylic oxidation sites excluding steroid dienone is 1. The second-order valence-corrected chi connectivity index (χ2v) is 6.53. The molecule has 1 fully saturated rings. The molecule has 3 unspecified atom stereocenters. The Hall–Kier alpha value is -2.55. The monoisotopic (exact) mass is 306 g/mol. The summed E-state index contributed by atoms with van der Waals surface area (Å²) in [5.74, 6) is 0.878. The van der Waals surface area contributed by atoms with Gasteiger partial charge in [0.25, 0.3) is 0 Å². The zero-order chi connectivity index (χ0) is 16.0. The van der Waals surface area contributed by atoms with E-state index in [9.17, 15) is 9.90 Å². The first-order valence-corrected chi connectivity index (χ1v) is 7.96. The first-order valence-electron chi connectivity index (χ1n) is 7.96. The van der Waals surface area contributed by atoms with Crippen molar-refractivity contribution in [3.63, 3.8) is 0 Å². The van der Waals surface area contributed by atoms with Crippen molar-refractivity contribution in [2.24, 2.45) is 11.8 Å². The fraction of sp³-hybridized carbons (Fsp3) is 0.250. The fourth-order valence-corrected chi connectivity index (χ4v) is 3.78. The number of hydrogen-bond acceptors (Lipinski definition) is 2. The summed E-state index contributed by atoms with van der Waals surface area (Å²) in [4.78, 5) is 10.9. The average molecular weight is 306 g/mol. The highest BCUT2D eigenvalue weighted by molar-refractivity contribution is 5.88. The minimum atomic E-state index is -1.03. The highest BCUT2D eigenvalue weighted by atomic mass is 16.4. The van der Waals surface area contributed by atoms with E-state index < -0.39 is 5.97 Å². The Balaban J connectivity index is 1.63. The summed E-state index contributed by atoms with van der Waals surface area (Å²) in [7, 11) is 0. The normalized spacial score (nSPS) is 25.0. The van der Waals surface area contributed by atoms with Gasteiger partial charge in [0.15, 0.2) is 0 Å². The van der Waals surface area contributed by atoms with Crippen molar-refractivity contribution in [3.8, 4) is 5.75 Å². The zero-order valence-electron chi connectivity index (χ0n) is 12.6. The van der Waals surface area contributed by atoms with E-state index in [-0.39, 0.29) is 11.3 Å². The van der Waals surface area contributed by atoms with Crippen LogP contribution in [0.4, 0.5) is 0 Å². The molecule has 3 nitrogen and oxygen atoms in total. The van der Waals surface area contributed by atoms with E-state index in [1.54, 1.807) is 6.07 Å². The number of rotatable bonds is 3. The lowest BCUT2D eigenvalue weighted by Gasteiger charge is -2.22. The number of phenolic OH excluding ortho intramolecular Hbond substituents is 1. The molecule has 0 amide bonds. The van der Waals surface area contributed by atoms with E-state index in [4.69, 9.17) is 5.11 Å². The van der Waals surface area contributed by atoms with Crippen LogP contribution in [0.25, 0.3) is 6.08 Å². The van der Waals surface area contributed by atoms with Crippen LogP contribution in [0, 0.1) is 11.8 Å². The Morgan fingerprint density at radius 2 is 2.00 bits per heavy atom. The van der Waals surface area contributed by atoms with Crippen LogP contribution >= 0.6 is 0 Å². The third-order valence-corrected chi connectivity index (χ3v) is 5.10. The summed E-state index contributed by atoms with van der Waals surface area (Å²) in [5, 5.41) is 19.0. The van der Waals surface area contributed by atoms with Crippen molar-refractivity contribution in [1.29, 1.82) is 0 Å². The second-order valence-electron chi connectivity index (χ2n) is 6.53. The Kier molecular flexibility index (Phi) is 3.22. The molecule has 1 saturated carbocycles. The van der Waals surface area contributed by atoms with Crippen molar-refractivity contribution in [3.05, 3.63) is 70.8 Å². The second kappa shape index (κ2) is 5.27. The minimum absolute atomic E-state index is 0.0117. The maximum Gasteiger partial charge on any atom is 0.335 e. The average Bonchev–Trinajstić information content (AvgIpc) is 3.31. The quantitative estimate of drug-likeness (QED) is 0.898. The molecule has 0 radical (unpaired) electrons. The molecule has 0 aromatic heterocycles. The van der Waals surface area contributed by atoms with Gasteiger partial charge in [0.1, 0.15) is 5.75 Å². The van der Waals surface area contributed by atoms with Crippen molar-refractivity contribution in [1.82, 2.24) is 0 Å². The van der Waals surface area contributed by atoms with Crippen molar-refractivity contribution >= 4 is 12.0 Å². The van der Waals surface area contributed by atoms with Crippen LogP contribution in [-0.2, 0) is 6.42 Å². The van der Waals surface area contributed by atoms with Crippen LogP contribution in [0.5, 0.6) is 5.75 Å². The van der Waals surface area contributed by atoms with Crippen LogP contribution in [0.15, 0.2) is 48.5 Å². The summed E-state index contributed by atoms with van der Waals surface area (Å²) in [5.41, 5.74) is 3.59. The molecule has 0 spiro atoms. The smallest absolute Gasteiger partial charge is 0.335 e. The van der Waals surface area contributed by atoms with Gasteiger partial charge in [0, 0.05) is 11.5 Å². The Bertz CT molecular complexity index is 806. The Labute approximate surface area is 134 Å². The highest BCUT2D eigenvalue weighted by Gasteiger charge is 2.46. The molecular formula is C20H18O3. The molecule has 2 aliphatic rings. The van der Waals surface area contributed by atoms with Crippen molar-refractivity contribution in [2.45, 2.75) is 18.8 Å². The molecule has 0 saturated heterocycles. The third-order valence-electron chi connectivity index (χ3n) is 5.10. The molecule has 3 atom stereocenters. The van der Waals surface area contributed by atoms with E-state index in [0.29, 0.717) is 17.4 Å². The predicted octanol–water partition coefficient (Wildman–Crippen LogP) is 4.08. The van der Waals surface area contributed by atoms with E-state index in [1.165, 1.54) is 36.1 Å². The summed E-state index contributed by atoms with van der Waals surface area (Å²) >= 11 is 0. The van der Waals surface area contributed by atoms with E-state index >= 15 is 0 Å². The van der Waals surface area contributed by atoms with Gasteiger partial charge < -0.3 is 10.2 Å². The molecule has 4 rings (SSSR count). The van der Waals surface area contributed by atoms with Crippen LogP contribution in [-0.4, -0.2) is 16.2 Å². The zero-order valence-corrected chi connectivity index (χ0v) is 12.6. The molecular weight excluding hydrogens is 288 g/mol. The number of fused-ring (bicyclic) bond motifs is 2. The molecule has 0 aliphatic heterocycles. The predicted molar refractivity (Wildman–Crippen MR) is 88.6 cm³/mol. The highest BCUT2D eigenvalue weighted by Crippen LogP contribution is 2.55. The lowest BCUT2D eigenvalue weighted by molar-refractivity contribution is 0.0696. The Morgan fingerprint density at radius 1 is 1.17 bits per heavy atom. The maximum absolute atomic E-state index is 10.9. The molecule has 3 heteroatoms. The first-order chi connectivity index (χ1) is 11.1. The lowest BCUT2D eigenvalue weighted by Crippen LogP contribution is -2.10. The molecule has 2 aliphatic carbocycles. The summed E-state index contributed by atoms with van der Waals surface area (Å²) in [6.45, 7) is 0. The van der Waals surface area contributed by atoms with E-state index in [0.717, 1.165) is 5.92 Å². The van der Waals surface area contributed by atoms with Crippen LogP contribution < -0.4 is 0 Å². The topological polar surface area (TPSA) is 57.5 Å². The van der Waals surface area contributed by atoms with Crippen molar-refractivity contribution in [2.75, 3.05) is 0 Å². The standard InChI is InChI=1S/C20H18O3/c21-19-11-14(20(22)23)6-5-12(19)7-8-17-16-4-2-1-3-13(16)9-15-10-18(15)17/h1-8,11,15,17-18,21H,9-10H2,(H,22,23)/b8-7+. The van der Waals surface area contributed by atoms with Crippen LogP contribution in [0.1, 0.15) is 39.4 Å². The number of carbonyl (C=O) groups is 1. The molecule has 2 aromatic rings.